The van der Waals surface area contributed by atoms with Crippen LogP contribution in [0.25, 0.3) is 0 Å². The molecule has 0 aliphatic rings. The predicted molar refractivity (Wildman–Crippen MR) is 339 cm³/mol. The monoisotopic (exact) mass is 1090 g/mol. The number of unbranched alkanes of at least 4 members (excludes halogenated alkanes) is 45. The maximum Gasteiger partial charge on any atom is 0.306 e. The maximum absolute atomic E-state index is 12.9. The summed E-state index contributed by atoms with van der Waals surface area (Å²) in [6.45, 7) is 6.59. The van der Waals surface area contributed by atoms with Gasteiger partial charge in [-0.25, -0.2) is 0 Å². The molecule has 6 nitrogen and oxygen atoms in total. The van der Waals surface area contributed by atoms with E-state index in [4.69, 9.17) is 14.2 Å². The molecule has 6 heteroatoms. The fourth-order valence-corrected chi connectivity index (χ4v) is 10.4. The van der Waals surface area contributed by atoms with Gasteiger partial charge in [-0.2, -0.15) is 0 Å². The summed E-state index contributed by atoms with van der Waals surface area (Å²) < 4.78 is 17.0. The molecule has 0 saturated carbocycles. The van der Waals surface area contributed by atoms with Crippen molar-refractivity contribution < 1.29 is 28.6 Å². The summed E-state index contributed by atoms with van der Waals surface area (Å²) >= 11 is 0. The molecule has 0 spiro atoms. The average molecular weight is 1090 g/mol. The van der Waals surface area contributed by atoms with Gasteiger partial charge in [0.2, 0.25) is 0 Å². The SMILES string of the molecule is CC/C=C\C/C=C\C/C=C\C/C=C\CCCCCCCCC(=O)OC(COC(=O)CCCCCCCCCCCCCCCCCCC)COC(=O)CCCCCCCCCCCCCCCCCCCCCCCCCC. The third kappa shape index (κ3) is 64.2. The second-order valence-electron chi connectivity index (χ2n) is 23.4. The number of carbonyl (C=O) groups is 3. The zero-order valence-corrected chi connectivity index (χ0v) is 52.5. The quantitative estimate of drug-likeness (QED) is 0.0261. The van der Waals surface area contributed by atoms with Crippen molar-refractivity contribution in [2.75, 3.05) is 13.2 Å². The van der Waals surface area contributed by atoms with Crippen LogP contribution in [0.1, 0.15) is 374 Å². The van der Waals surface area contributed by atoms with E-state index in [0.29, 0.717) is 19.3 Å². The van der Waals surface area contributed by atoms with Crippen molar-refractivity contribution >= 4 is 17.9 Å². The highest BCUT2D eigenvalue weighted by Gasteiger charge is 2.19. The summed E-state index contributed by atoms with van der Waals surface area (Å²) in [4.78, 5) is 38.4. The summed E-state index contributed by atoms with van der Waals surface area (Å²) in [5.41, 5.74) is 0. The van der Waals surface area contributed by atoms with E-state index in [1.165, 1.54) is 238 Å². The fraction of sp³-hybridized carbons (Fsp3) is 0.847. The topological polar surface area (TPSA) is 78.9 Å². The van der Waals surface area contributed by atoms with Gasteiger partial charge in [-0.15, -0.1) is 0 Å². The first-order valence-corrected chi connectivity index (χ1v) is 34.6. The molecule has 0 heterocycles. The minimum absolute atomic E-state index is 0.0738. The van der Waals surface area contributed by atoms with E-state index in [9.17, 15) is 14.4 Å². The second-order valence-corrected chi connectivity index (χ2v) is 23.4. The molecule has 0 aromatic rings. The normalized spacial score (nSPS) is 12.3. The Bertz CT molecular complexity index is 1350. The van der Waals surface area contributed by atoms with Gasteiger partial charge in [0.1, 0.15) is 13.2 Å². The second kappa shape index (κ2) is 66.9. The third-order valence-corrected chi connectivity index (χ3v) is 15.6. The first-order valence-electron chi connectivity index (χ1n) is 34.6. The van der Waals surface area contributed by atoms with Crippen LogP contribution in [0.4, 0.5) is 0 Å². The molecule has 456 valence electrons. The van der Waals surface area contributed by atoms with E-state index in [1.54, 1.807) is 0 Å². The Hall–Kier alpha value is -2.63. The van der Waals surface area contributed by atoms with Gasteiger partial charge in [0.25, 0.3) is 0 Å². The highest BCUT2D eigenvalue weighted by atomic mass is 16.6. The van der Waals surface area contributed by atoms with Gasteiger partial charge < -0.3 is 14.2 Å². The number of hydrogen-bond acceptors (Lipinski definition) is 6. The Morgan fingerprint density at radius 3 is 0.782 bits per heavy atom. The molecule has 0 saturated heterocycles. The number of carbonyl (C=O) groups excluding carboxylic acids is 3. The fourth-order valence-electron chi connectivity index (χ4n) is 10.4. The highest BCUT2D eigenvalue weighted by molar-refractivity contribution is 5.71. The molecule has 0 rings (SSSR count). The lowest BCUT2D eigenvalue weighted by atomic mass is 10.0. The smallest absolute Gasteiger partial charge is 0.306 e. The molecule has 1 atom stereocenters. The van der Waals surface area contributed by atoms with Crippen molar-refractivity contribution in [3.8, 4) is 0 Å². The maximum atomic E-state index is 12.9. The molecule has 0 aliphatic heterocycles. The van der Waals surface area contributed by atoms with Crippen molar-refractivity contribution in [2.24, 2.45) is 0 Å². The van der Waals surface area contributed by atoms with Crippen LogP contribution in [0.5, 0.6) is 0 Å². The van der Waals surface area contributed by atoms with Gasteiger partial charge in [0.15, 0.2) is 6.10 Å². The zero-order chi connectivity index (χ0) is 56.4. The first-order chi connectivity index (χ1) is 38.5. The van der Waals surface area contributed by atoms with Gasteiger partial charge in [-0.05, 0) is 57.8 Å². The summed E-state index contributed by atoms with van der Waals surface area (Å²) in [5, 5.41) is 0. The Morgan fingerprint density at radius 1 is 0.269 bits per heavy atom. The summed E-state index contributed by atoms with van der Waals surface area (Å²) in [6.07, 6.45) is 84.2. The van der Waals surface area contributed by atoms with E-state index in [0.717, 1.165) is 96.3 Å². The molecule has 0 aromatic heterocycles. The minimum Gasteiger partial charge on any atom is -0.462 e. The molecule has 0 N–H and O–H groups in total. The lowest BCUT2D eigenvalue weighted by molar-refractivity contribution is -0.167. The van der Waals surface area contributed by atoms with Crippen LogP contribution in [0.3, 0.4) is 0 Å². The van der Waals surface area contributed by atoms with Gasteiger partial charge in [-0.1, -0.05) is 345 Å². The van der Waals surface area contributed by atoms with Gasteiger partial charge in [0, 0.05) is 19.3 Å². The van der Waals surface area contributed by atoms with E-state index < -0.39 is 6.10 Å². The van der Waals surface area contributed by atoms with Crippen molar-refractivity contribution in [3.05, 3.63) is 48.6 Å². The summed E-state index contributed by atoms with van der Waals surface area (Å²) in [5.74, 6) is -0.859. The molecule has 0 bridgehead atoms. The lowest BCUT2D eigenvalue weighted by Gasteiger charge is -2.18. The summed E-state index contributed by atoms with van der Waals surface area (Å²) in [6, 6.07) is 0. The molecule has 78 heavy (non-hydrogen) atoms. The van der Waals surface area contributed by atoms with E-state index in [1.807, 2.05) is 0 Å². The number of rotatable bonds is 64. The number of allylic oxidation sites excluding steroid dienone is 8. The number of esters is 3. The van der Waals surface area contributed by atoms with Crippen molar-refractivity contribution in [3.63, 3.8) is 0 Å². The van der Waals surface area contributed by atoms with E-state index >= 15 is 0 Å². The predicted octanol–water partition coefficient (Wildman–Crippen LogP) is 23.7. The average Bonchev–Trinajstić information content (AvgIpc) is 3.44. The van der Waals surface area contributed by atoms with Crippen LogP contribution < -0.4 is 0 Å². The Balaban J connectivity index is 4.30. The molecule has 0 amide bonds. The van der Waals surface area contributed by atoms with Gasteiger partial charge >= 0.3 is 17.9 Å². The van der Waals surface area contributed by atoms with Crippen LogP contribution in [-0.4, -0.2) is 37.2 Å². The number of ether oxygens (including phenoxy) is 3. The largest absolute Gasteiger partial charge is 0.462 e. The lowest BCUT2D eigenvalue weighted by Crippen LogP contribution is -2.30. The van der Waals surface area contributed by atoms with Crippen LogP contribution in [-0.2, 0) is 28.6 Å². The van der Waals surface area contributed by atoms with Crippen LogP contribution >= 0.6 is 0 Å². The third-order valence-electron chi connectivity index (χ3n) is 15.6. The molecular weight excluding hydrogens is 961 g/mol. The van der Waals surface area contributed by atoms with E-state index in [2.05, 4.69) is 69.4 Å². The molecule has 0 fully saturated rings. The van der Waals surface area contributed by atoms with Crippen LogP contribution in [0.2, 0.25) is 0 Å². The van der Waals surface area contributed by atoms with E-state index in [-0.39, 0.29) is 31.1 Å². The van der Waals surface area contributed by atoms with Gasteiger partial charge in [-0.3, -0.25) is 14.4 Å². The first kappa shape index (κ1) is 75.4. The molecule has 0 aromatic carbocycles. The Morgan fingerprint density at radius 2 is 0.500 bits per heavy atom. The van der Waals surface area contributed by atoms with Crippen molar-refractivity contribution in [1.29, 1.82) is 0 Å². The minimum atomic E-state index is -0.779. The van der Waals surface area contributed by atoms with Crippen LogP contribution in [0, 0.1) is 0 Å². The summed E-state index contributed by atoms with van der Waals surface area (Å²) in [7, 11) is 0. The Labute approximate surface area is 486 Å². The molecule has 1 unspecified atom stereocenters. The van der Waals surface area contributed by atoms with Gasteiger partial charge in [0.05, 0.1) is 0 Å². The van der Waals surface area contributed by atoms with Crippen LogP contribution in [0.15, 0.2) is 48.6 Å². The molecule has 0 aliphatic carbocycles. The highest BCUT2D eigenvalue weighted by Crippen LogP contribution is 2.18. The molecule has 0 radical (unpaired) electrons. The zero-order valence-electron chi connectivity index (χ0n) is 52.5. The standard InChI is InChI=1S/C72H132O6/c1-4-7-10-13-16-19-22-25-28-31-33-34-35-36-37-39-41-44-47-50-53-56-59-62-65-71(74)77-68-69(67-76-70(73)64-61-58-55-52-49-46-43-40-30-27-24-21-18-15-12-9-6-3)78-72(75)66-63-60-57-54-51-48-45-42-38-32-29-26-23-20-17-14-11-8-5-2/h8,11,17,20,26,29,38,42,69H,4-7,9-10,12-16,18-19,21-25,27-28,30-37,39-41,43-68H2,1-3H3/b11-8-,20-17-,29-26-,42-38-. The molecular formula is C72H132O6. The Kier molecular flexibility index (Phi) is 64.6. The van der Waals surface area contributed by atoms with Crippen molar-refractivity contribution in [2.45, 2.75) is 380 Å². The van der Waals surface area contributed by atoms with Crippen molar-refractivity contribution in [1.82, 2.24) is 0 Å². The number of hydrogen-bond donors (Lipinski definition) is 0.